The number of pyridine rings is 1. The monoisotopic (exact) mass is 422 g/mol. The number of anilines is 1. The van der Waals surface area contributed by atoms with E-state index in [1.165, 1.54) is 11.3 Å². The molecule has 2 aliphatic heterocycles. The molecular weight excluding hydrogens is 400 g/mol. The molecule has 1 saturated heterocycles. The van der Waals surface area contributed by atoms with Crippen molar-refractivity contribution < 1.29 is 14.3 Å². The van der Waals surface area contributed by atoms with E-state index in [1.807, 2.05) is 45.0 Å². The average molecular weight is 423 g/mol. The molecule has 0 saturated carbocycles. The number of benzene rings is 1. The number of amides is 2. The lowest BCUT2D eigenvalue weighted by Crippen LogP contribution is -2.26. The summed E-state index contributed by atoms with van der Waals surface area (Å²) in [5, 5.41) is 5.75. The second-order valence-electron chi connectivity index (χ2n) is 8.44. The number of nitrogens with zero attached hydrogens (tertiary/aromatic N) is 2. The number of aromatic nitrogens is 2. The van der Waals surface area contributed by atoms with Gasteiger partial charge in [0.05, 0.1) is 26.8 Å². The summed E-state index contributed by atoms with van der Waals surface area (Å²) in [6.45, 7) is 6.42. The van der Waals surface area contributed by atoms with Gasteiger partial charge in [0.2, 0.25) is 11.8 Å². The third-order valence-electron chi connectivity index (χ3n) is 6.05. The summed E-state index contributed by atoms with van der Waals surface area (Å²) in [6, 6.07) is 7.85. The number of carbonyl (C=O) groups excluding carboxylic acids is 2. The highest BCUT2D eigenvalue weighted by Gasteiger charge is 2.39. The van der Waals surface area contributed by atoms with Crippen LogP contribution in [0.5, 0.6) is 5.75 Å². The van der Waals surface area contributed by atoms with Crippen molar-refractivity contribution in [2.24, 2.45) is 5.92 Å². The van der Waals surface area contributed by atoms with Crippen molar-refractivity contribution >= 4 is 39.2 Å². The number of thiazole rings is 1. The minimum absolute atomic E-state index is 0.0466. The molecule has 1 fully saturated rings. The van der Waals surface area contributed by atoms with Crippen molar-refractivity contribution in [1.82, 2.24) is 15.3 Å². The summed E-state index contributed by atoms with van der Waals surface area (Å²) >= 11 is 1.53. The van der Waals surface area contributed by atoms with Crippen molar-refractivity contribution in [3.05, 3.63) is 35.3 Å². The molecular formula is C22H22N4O3S. The lowest BCUT2D eigenvalue weighted by molar-refractivity contribution is -0.120. The van der Waals surface area contributed by atoms with E-state index in [9.17, 15) is 9.59 Å². The number of fused-ring (bicyclic) bond motifs is 2. The molecule has 0 radical (unpaired) electrons. The van der Waals surface area contributed by atoms with E-state index >= 15 is 0 Å². The molecule has 154 valence electrons. The Morgan fingerprint density at radius 2 is 2.10 bits per heavy atom. The van der Waals surface area contributed by atoms with Gasteiger partial charge in [-0.1, -0.05) is 6.07 Å². The smallest absolute Gasteiger partial charge is 0.235 e. The molecule has 2 aromatic heterocycles. The van der Waals surface area contributed by atoms with Crippen molar-refractivity contribution in [2.45, 2.75) is 38.7 Å². The van der Waals surface area contributed by atoms with Crippen LogP contribution >= 0.6 is 11.3 Å². The van der Waals surface area contributed by atoms with Crippen LogP contribution in [0.25, 0.3) is 21.5 Å². The van der Waals surface area contributed by atoms with Gasteiger partial charge in [-0.15, -0.1) is 11.3 Å². The maximum absolute atomic E-state index is 12.3. The maximum Gasteiger partial charge on any atom is 0.235 e. The van der Waals surface area contributed by atoms with E-state index < -0.39 is 5.41 Å². The summed E-state index contributed by atoms with van der Waals surface area (Å²) < 4.78 is 7.27. The molecule has 2 atom stereocenters. The standard InChI is InChI=1S/C22H22N4O3S/c1-11(13-8-18(27)23-9-13)29-17-7-12(6-16-19(17)30-10-24-16)15-5-4-14-20(25-15)26-21(28)22(14,2)3/h4-7,10-11,13H,8-9H2,1-3H3,(H,23,27)(H,25,26,28). The van der Waals surface area contributed by atoms with Crippen LogP contribution in [0.3, 0.4) is 0 Å². The number of carbonyl (C=O) groups is 2. The van der Waals surface area contributed by atoms with Gasteiger partial charge >= 0.3 is 0 Å². The Morgan fingerprint density at radius 3 is 2.87 bits per heavy atom. The lowest BCUT2D eigenvalue weighted by Gasteiger charge is -2.20. The normalized spacial score (nSPS) is 20.7. The van der Waals surface area contributed by atoms with Crippen molar-refractivity contribution in [3.8, 4) is 17.0 Å². The third kappa shape index (κ3) is 3.02. The van der Waals surface area contributed by atoms with Crippen LogP contribution in [-0.4, -0.2) is 34.4 Å². The summed E-state index contributed by atoms with van der Waals surface area (Å²) in [6.07, 6.45) is 0.367. The fourth-order valence-electron chi connectivity index (χ4n) is 4.03. The van der Waals surface area contributed by atoms with Gasteiger partial charge in [-0.3, -0.25) is 9.59 Å². The topological polar surface area (TPSA) is 93.2 Å². The zero-order valence-electron chi connectivity index (χ0n) is 17.0. The Kier molecular flexibility index (Phi) is 4.28. The molecule has 5 rings (SSSR count). The fraction of sp³-hybridized carbons (Fsp3) is 0.364. The van der Waals surface area contributed by atoms with E-state index in [1.54, 1.807) is 5.51 Å². The highest BCUT2D eigenvalue weighted by molar-refractivity contribution is 7.17. The Labute approximate surface area is 177 Å². The van der Waals surface area contributed by atoms with Crippen molar-refractivity contribution in [1.29, 1.82) is 0 Å². The summed E-state index contributed by atoms with van der Waals surface area (Å²) in [5.74, 6) is 1.50. The van der Waals surface area contributed by atoms with Crippen LogP contribution in [0.2, 0.25) is 0 Å². The van der Waals surface area contributed by atoms with Gasteiger partial charge in [-0.05, 0) is 39.0 Å². The Bertz CT molecular complexity index is 1190. The molecule has 8 heteroatoms. The van der Waals surface area contributed by atoms with Gasteiger partial charge in [0.1, 0.15) is 17.7 Å². The molecule has 3 aromatic rings. The molecule has 7 nitrogen and oxygen atoms in total. The summed E-state index contributed by atoms with van der Waals surface area (Å²) in [4.78, 5) is 33.0. The van der Waals surface area contributed by atoms with Crippen LogP contribution in [0.15, 0.2) is 29.8 Å². The number of ether oxygens (including phenoxy) is 1. The highest BCUT2D eigenvalue weighted by atomic mass is 32.1. The molecule has 4 heterocycles. The van der Waals surface area contributed by atoms with Crippen molar-refractivity contribution in [3.63, 3.8) is 0 Å². The number of hydrogen-bond donors (Lipinski definition) is 2. The first kappa shape index (κ1) is 19.0. The molecule has 2 unspecified atom stereocenters. The van der Waals surface area contributed by atoms with Gasteiger partial charge in [-0.25, -0.2) is 9.97 Å². The van der Waals surface area contributed by atoms with Crippen LogP contribution < -0.4 is 15.4 Å². The Balaban J connectivity index is 1.51. The van der Waals surface area contributed by atoms with Gasteiger partial charge in [0.15, 0.2) is 0 Å². The minimum atomic E-state index is -0.587. The van der Waals surface area contributed by atoms with Gasteiger partial charge in [0, 0.05) is 30.0 Å². The van der Waals surface area contributed by atoms with E-state index in [-0.39, 0.29) is 23.8 Å². The van der Waals surface area contributed by atoms with Gasteiger partial charge in [0.25, 0.3) is 0 Å². The van der Waals surface area contributed by atoms with E-state index in [0.717, 1.165) is 32.8 Å². The zero-order chi connectivity index (χ0) is 21.0. The first-order chi connectivity index (χ1) is 14.3. The van der Waals surface area contributed by atoms with Crippen LogP contribution in [0.4, 0.5) is 5.82 Å². The first-order valence-corrected chi connectivity index (χ1v) is 10.8. The molecule has 0 spiro atoms. The second kappa shape index (κ2) is 6.77. The minimum Gasteiger partial charge on any atom is -0.489 e. The summed E-state index contributed by atoms with van der Waals surface area (Å²) in [7, 11) is 0. The maximum atomic E-state index is 12.3. The van der Waals surface area contributed by atoms with E-state index in [4.69, 9.17) is 9.72 Å². The summed E-state index contributed by atoms with van der Waals surface area (Å²) in [5.41, 5.74) is 4.57. The second-order valence-corrected chi connectivity index (χ2v) is 9.29. The number of hydrogen-bond acceptors (Lipinski definition) is 6. The molecule has 1 aromatic carbocycles. The average Bonchev–Trinajstić information content (AvgIpc) is 3.40. The van der Waals surface area contributed by atoms with Crippen LogP contribution in [0.1, 0.15) is 32.8 Å². The zero-order valence-corrected chi connectivity index (χ0v) is 17.8. The van der Waals surface area contributed by atoms with Gasteiger partial charge in [-0.2, -0.15) is 0 Å². The predicted octanol–water partition coefficient (Wildman–Crippen LogP) is 3.49. The predicted molar refractivity (Wildman–Crippen MR) is 116 cm³/mol. The van der Waals surface area contributed by atoms with Crippen molar-refractivity contribution in [2.75, 3.05) is 11.9 Å². The van der Waals surface area contributed by atoms with E-state index in [0.29, 0.717) is 18.8 Å². The molecule has 30 heavy (non-hydrogen) atoms. The fourth-order valence-corrected chi connectivity index (χ4v) is 4.76. The van der Waals surface area contributed by atoms with Gasteiger partial charge < -0.3 is 15.4 Å². The largest absolute Gasteiger partial charge is 0.489 e. The SMILES string of the molecule is CC(Oc1cc(-c2ccc3c(n2)NC(=O)C3(C)C)cc2ncsc12)C1CNC(=O)C1. The Morgan fingerprint density at radius 1 is 1.27 bits per heavy atom. The molecule has 2 aliphatic rings. The molecule has 0 bridgehead atoms. The Hall–Kier alpha value is -3.00. The van der Waals surface area contributed by atoms with Crippen LogP contribution in [-0.2, 0) is 15.0 Å². The number of nitrogens with one attached hydrogen (secondary N) is 2. The quantitative estimate of drug-likeness (QED) is 0.671. The van der Waals surface area contributed by atoms with Crippen LogP contribution in [0, 0.1) is 5.92 Å². The lowest BCUT2D eigenvalue weighted by atomic mass is 9.87. The van der Waals surface area contributed by atoms with E-state index in [2.05, 4.69) is 15.6 Å². The first-order valence-electron chi connectivity index (χ1n) is 9.97. The number of rotatable bonds is 4. The molecule has 0 aliphatic carbocycles. The molecule has 2 N–H and O–H groups in total. The highest BCUT2D eigenvalue weighted by Crippen LogP contribution is 2.39. The third-order valence-corrected chi connectivity index (χ3v) is 6.90. The molecule has 2 amide bonds.